The summed E-state index contributed by atoms with van der Waals surface area (Å²) in [6, 6.07) is 15.6. The zero-order valence-electron chi connectivity index (χ0n) is 17.3. The van der Waals surface area contributed by atoms with E-state index in [4.69, 9.17) is 5.73 Å². The number of piperidine rings is 1. The first-order chi connectivity index (χ1) is 14.4. The van der Waals surface area contributed by atoms with Crippen LogP contribution in [0.2, 0.25) is 0 Å². The van der Waals surface area contributed by atoms with E-state index in [1.165, 1.54) is 0 Å². The molecular weight excluding hydrogens is 376 g/mol. The average Bonchev–Trinajstić information content (AvgIpc) is 2.74. The summed E-state index contributed by atoms with van der Waals surface area (Å²) >= 11 is 0. The van der Waals surface area contributed by atoms with E-state index in [1.807, 2.05) is 62.4 Å². The molecule has 1 aromatic heterocycles. The summed E-state index contributed by atoms with van der Waals surface area (Å²) < 4.78 is 0. The van der Waals surface area contributed by atoms with Crippen molar-refractivity contribution in [1.29, 1.82) is 0 Å². The Morgan fingerprint density at radius 3 is 2.40 bits per heavy atom. The van der Waals surface area contributed by atoms with Gasteiger partial charge < -0.3 is 16.0 Å². The molecule has 4 rings (SSSR count). The van der Waals surface area contributed by atoms with Crippen molar-refractivity contribution in [1.82, 2.24) is 4.98 Å². The van der Waals surface area contributed by atoms with E-state index in [1.54, 1.807) is 0 Å². The number of primary amides is 1. The van der Waals surface area contributed by atoms with Crippen molar-refractivity contribution < 1.29 is 9.59 Å². The number of benzene rings is 2. The Hall–Kier alpha value is -3.41. The second-order valence-electron chi connectivity index (χ2n) is 8.00. The maximum Gasteiger partial charge on any atom is 0.256 e. The van der Waals surface area contributed by atoms with Gasteiger partial charge in [-0.05, 0) is 69.2 Å². The molecule has 2 aromatic carbocycles. The van der Waals surface area contributed by atoms with E-state index in [0.29, 0.717) is 5.56 Å². The Bertz CT molecular complexity index is 1100. The maximum absolute atomic E-state index is 13.0. The van der Waals surface area contributed by atoms with E-state index in [9.17, 15) is 9.59 Å². The first kappa shape index (κ1) is 19.9. The van der Waals surface area contributed by atoms with Gasteiger partial charge in [-0.15, -0.1) is 0 Å². The second-order valence-corrected chi connectivity index (χ2v) is 8.00. The maximum atomic E-state index is 13.0. The Labute approximate surface area is 176 Å². The van der Waals surface area contributed by atoms with Crippen LogP contribution in [0.5, 0.6) is 0 Å². The highest BCUT2D eigenvalue weighted by atomic mass is 16.2. The van der Waals surface area contributed by atoms with Crippen molar-refractivity contribution in [3.8, 4) is 0 Å². The molecule has 1 saturated heterocycles. The lowest BCUT2D eigenvalue weighted by molar-refractivity contribution is -0.122. The molecule has 0 atom stereocenters. The van der Waals surface area contributed by atoms with E-state index in [2.05, 4.69) is 15.2 Å². The third-order valence-corrected chi connectivity index (χ3v) is 5.72. The number of nitrogens with zero attached hydrogens (tertiary/aromatic N) is 2. The van der Waals surface area contributed by atoms with Crippen molar-refractivity contribution >= 4 is 34.1 Å². The summed E-state index contributed by atoms with van der Waals surface area (Å²) in [5.41, 5.74) is 10.6. The number of carbonyl (C=O) groups is 2. The number of hydrogen-bond acceptors (Lipinski definition) is 4. The van der Waals surface area contributed by atoms with Gasteiger partial charge in [0.15, 0.2) is 0 Å². The Kier molecular flexibility index (Phi) is 5.40. The van der Waals surface area contributed by atoms with Gasteiger partial charge in [0.1, 0.15) is 0 Å². The molecule has 1 aliphatic rings. The second kappa shape index (κ2) is 8.14. The minimum absolute atomic E-state index is 0.0258. The molecule has 2 heterocycles. The van der Waals surface area contributed by atoms with Crippen LogP contribution in [0.3, 0.4) is 0 Å². The van der Waals surface area contributed by atoms with Crippen LogP contribution in [-0.2, 0) is 4.79 Å². The predicted octanol–water partition coefficient (Wildman–Crippen LogP) is 3.81. The van der Waals surface area contributed by atoms with Crippen LogP contribution in [0.15, 0.2) is 48.5 Å². The van der Waals surface area contributed by atoms with Crippen molar-refractivity contribution in [2.75, 3.05) is 23.3 Å². The monoisotopic (exact) mass is 402 g/mol. The lowest BCUT2D eigenvalue weighted by atomic mass is 9.96. The third kappa shape index (κ3) is 4.13. The van der Waals surface area contributed by atoms with Crippen molar-refractivity contribution in [2.24, 2.45) is 11.7 Å². The minimum Gasteiger partial charge on any atom is -0.371 e. The van der Waals surface area contributed by atoms with Gasteiger partial charge >= 0.3 is 0 Å². The van der Waals surface area contributed by atoms with Crippen LogP contribution in [-0.4, -0.2) is 29.9 Å². The van der Waals surface area contributed by atoms with E-state index in [0.717, 1.165) is 59.5 Å². The van der Waals surface area contributed by atoms with Crippen LogP contribution >= 0.6 is 0 Å². The molecule has 0 radical (unpaired) electrons. The summed E-state index contributed by atoms with van der Waals surface area (Å²) in [6.45, 7) is 5.51. The number of nitrogens with one attached hydrogen (secondary N) is 1. The highest BCUT2D eigenvalue weighted by Crippen LogP contribution is 2.25. The molecule has 6 nitrogen and oxygen atoms in total. The molecule has 0 aliphatic carbocycles. The number of anilines is 2. The number of rotatable bonds is 4. The van der Waals surface area contributed by atoms with Gasteiger partial charge in [-0.1, -0.05) is 11.6 Å². The van der Waals surface area contributed by atoms with E-state index >= 15 is 0 Å². The zero-order chi connectivity index (χ0) is 21.3. The highest BCUT2D eigenvalue weighted by Gasteiger charge is 2.23. The Morgan fingerprint density at radius 2 is 1.73 bits per heavy atom. The summed E-state index contributed by atoms with van der Waals surface area (Å²) in [5, 5.41) is 3.86. The molecule has 6 heteroatoms. The molecule has 0 saturated carbocycles. The molecule has 3 aromatic rings. The number of pyridine rings is 1. The highest BCUT2D eigenvalue weighted by molar-refractivity contribution is 6.12. The number of carbonyl (C=O) groups excluding carboxylic acids is 2. The minimum atomic E-state index is -0.207. The van der Waals surface area contributed by atoms with Crippen LogP contribution < -0.4 is 16.0 Å². The molecule has 0 spiro atoms. The standard InChI is InChI=1S/C24H26N4O2/c1-15-3-8-22-20(13-15)21(14-16(2)26-22)24(30)27-18-4-6-19(7-5-18)28-11-9-17(10-12-28)23(25)29/h3-8,13-14,17H,9-12H2,1-2H3,(H2,25,29)(H,27,30). The molecule has 0 unspecified atom stereocenters. The van der Waals surface area contributed by atoms with Crippen molar-refractivity contribution in [3.05, 3.63) is 65.4 Å². The lowest BCUT2D eigenvalue weighted by Gasteiger charge is -2.32. The quantitative estimate of drug-likeness (QED) is 0.695. The van der Waals surface area contributed by atoms with Gasteiger partial charge in [-0.3, -0.25) is 14.6 Å². The number of fused-ring (bicyclic) bond motifs is 1. The normalized spacial score (nSPS) is 14.7. The Morgan fingerprint density at radius 1 is 1.03 bits per heavy atom. The average molecular weight is 402 g/mol. The van der Waals surface area contributed by atoms with Crippen molar-refractivity contribution in [3.63, 3.8) is 0 Å². The number of aromatic nitrogens is 1. The predicted molar refractivity (Wildman–Crippen MR) is 120 cm³/mol. The number of hydrogen-bond donors (Lipinski definition) is 2. The first-order valence-electron chi connectivity index (χ1n) is 10.2. The molecule has 30 heavy (non-hydrogen) atoms. The molecular formula is C24H26N4O2. The van der Waals surface area contributed by atoms with Gasteiger partial charge in [-0.25, -0.2) is 0 Å². The van der Waals surface area contributed by atoms with Gasteiger partial charge in [0.05, 0.1) is 11.1 Å². The fraction of sp³-hybridized carbons (Fsp3) is 0.292. The number of amides is 2. The van der Waals surface area contributed by atoms with Crippen LogP contribution in [0, 0.1) is 19.8 Å². The zero-order valence-corrected chi connectivity index (χ0v) is 17.3. The van der Waals surface area contributed by atoms with Crippen LogP contribution in [0.4, 0.5) is 11.4 Å². The van der Waals surface area contributed by atoms with Crippen LogP contribution in [0.25, 0.3) is 10.9 Å². The lowest BCUT2D eigenvalue weighted by Crippen LogP contribution is -2.38. The third-order valence-electron chi connectivity index (χ3n) is 5.72. The van der Waals surface area contributed by atoms with Gasteiger partial charge in [0, 0.05) is 41.5 Å². The van der Waals surface area contributed by atoms with Crippen LogP contribution in [0.1, 0.15) is 34.5 Å². The fourth-order valence-corrected chi connectivity index (χ4v) is 4.04. The summed E-state index contributed by atoms with van der Waals surface area (Å²) in [7, 11) is 0. The molecule has 1 fully saturated rings. The topological polar surface area (TPSA) is 88.3 Å². The molecule has 0 bridgehead atoms. The smallest absolute Gasteiger partial charge is 0.256 e. The van der Waals surface area contributed by atoms with E-state index in [-0.39, 0.29) is 17.7 Å². The Balaban J connectivity index is 1.49. The van der Waals surface area contributed by atoms with Gasteiger partial charge in [0.2, 0.25) is 5.91 Å². The fourth-order valence-electron chi connectivity index (χ4n) is 4.04. The van der Waals surface area contributed by atoms with E-state index < -0.39 is 0 Å². The molecule has 1 aliphatic heterocycles. The number of aryl methyl sites for hydroxylation is 2. The summed E-state index contributed by atoms with van der Waals surface area (Å²) in [6.07, 6.45) is 1.56. The SMILES string of the molecule is Cc1ccc2nc(C)cc(C(=O)Nc3ccc(N4CCC(C(N)=O)CC4)cc3)c2c1. The summed E-state index contributed by atoms with van der Waals surface area (Å²) in [5.74, 6) is -0.380. The van der Waals surface area contributed by atoms with Gasteiger partial charge in [0.25, 0.3) is 5.91 Å². The van der Waals surface area contributed by atoms with Crippen molar-refractivity contribution in [2.45, 2.75) is 26.7 Å². The molecule has 154 valence electrons. The first-order valence-corrected chi connectivity index (χ1v) is 10.2. The largest absolute Gasteiger partial charge is 0.371 e. The molecule has 3 N–H and O–H groups in total. The molecule has 2 amide bonds. The van der Waals surface area contributed by atoms with Gasteiger partial charge in [-0.2, -0.15) is 0 Å². The number of nitrogens with two attached hydrogens (primary N) is 1. The summed E-state index contributed by atoms with van der Waals surface area (Å²) in [4.78, 5) is 31.1.